The van der Waals surface area contributed by atoms with Gasteiger partial charge >= 0.3 is 5.69 Å². The number of nitrogens with zero attached hydrogens (tertiary/aromatic N) is 3. The highest BCUT2D eigenvalue weighted by Crippen LogP contribution is 2.24. The van der Waals surface area contributed by atoms with Gasteiger partial charge in [-0.15, -0.1) is 0 Å². The average molecular weight is 516 g/mol. The van der Waals surface area contributed by atoms with Gasteiger partial charge in [0, 0.05) is 20.1 Å². The van der Waals surface area contributed by atoms with Crippen LogP contribution in [0.15, 0.2) is 27.8 Å². The van der Waals surface area contributed by atoms with Crippen LogP contribution < -0.4 is 26.6 Å². The zero-order valence-electron chi connectivity index (χ0n) is 23.3. The van der Waals surface area contributed by atoms with E-state index in [1.807, 2.05) is 52.8 Å². The van der Waals surface area contributed by atoms with Gasteiger partial charge in [0.05, 0.1) is 6.54 Å². The van der Waals surface area contributed by atoms with Crippen LogP contribution in [0.3, 0.4) is 0 Å². The van der Waals surface area contributed by atoms with Gasteiger partial charge in [-0.2, -0.15) is 0 Å². The van der Waals surface area contributed by atoms with Crippen molar-refractivity contribution in [3.05, 3.63) is 50.2 Å². The number of nitrogens with one attached hydrogen (secondary N) is 1. The van der Waals surface area contributed by atoms with E-state index in [4.69, 9.17) is 10.5 Å². The Morgan fingerprint density at radius 2 is 1.70 bits per heavy atom. The smallest absolute Gasteiger partial charge is 0.330 e. The summed E-state index contributed by atoms with van der Waals surface area (Å²) in [5.41, 5.74) is 7.07. The van der Waals surface area contributed by atoms with E-state index in [0.717, 1.165) is 5.56 Å². The Balaban J connectivity index is 2.21. The maximum absolute atomic E-state index is 13.3. The van der Waals surface area contributed by atoms with E-state index in [0.29, 0.717) is 11.7 Å². The molecule has 10 nitrogen and oxygen atoms in total. The first-order valence-corrected chi connectivity index (χ1v) is 12.6. The summed E-state index contributed by atoms with van der Waals surface area (Å²) in [6, 6.07) is 5.70. The van der Waals surface area contributed by atoms with Gasteiger partial charge in [0.2, 0.25) is 5.91 Å². The number of rotatable bonds is 11. The minimum Gasteiger partial charge on any atom is -0.484 e. The molecule has 2 amide bonds. The molecule has 2 rings (SSSR count). The first-order valence-electron chi connectivity index (χ1n) is 12.6. The minimum absolute atomic E-state index is 0.00498. The molecule has 0 saturated heterocycles. The van der Waals surface area contributed by atoms with Crippen molar-refractivity contribution in [2.75, 3.05) is 37.4 Å². The van der Waals surface area contributed by atoms with Crippen LogP contribution in [0.4, 0.5) is 11.5 Å². The molecule has 0 radical (unpaired) electrons. The molecule has 0 bridgehead atoms. The Labute approximate surface area is 218 Å². The number of H-pyrrole nitrogens is 1. The molecule has 1 aromatic carbocycles. The first-order chi connectivity index (χ1) is 17.2. The Hall–Kier alpha value is -3.56. The molecule has 0 aliphatic rings. The molecule has 0 spiro atoms. The summed E-state index contributed by atoms with van der Waals surface area (Å²) in [4.78, 5) is 56.0. The number of carbonyl (C=O) groups is 2. The summed E-state index contributed by atoms with van der Waals surface area (Å²) in [6.45, 7) is 13.8. The first kappa shape index (κ1) is 29.7. The molecule has 204 valence electrons. The van der Waals surface area contributed by atoms with Crippen molar-refractivity contribution in [3.8, 4) is 5.75 Å². The molecule has 10 heteroatoms. The molecule has 3 N–H and O–H groups in total. The van der Waals surface area contributed by atoms with Gasteiger partial charge in [-0.05, 0) is 47.9 Å². The summed E-state index contributed by atoms with van der Waals surface area (Å²) < 4.78 is 6.93. The molecule has 0 aliphatic heterocycles. The number of nitrogens with two attached hydrogens (primary N) is 1. The topological polar surface area (TPSA) is 131 Å². The number of anilines is 2. The minimum atomic E-state index is -0.742. The number of ether oxygens (including phenoxy) is 1. The van der Waals surface area contributed by atoms with E-state index in [2.05, 4.69) is 18.8 Å². The monoisotopic (exact) mass is 515 g/mol. The Morgan fingerprint density at radius 3 is 2.24 bits per heavy atom. The van der Waals surface area contributed by atoms with Gasteiger partial charge in [-0.1, -0.05) is 47.6 Å². The van der Waals surface area contributed by atoms with Gasteiger partial charge in [0.25, 0.3) is 11.5 Å². The highest BCUT2D eigenvalue weighted by Gasteiger charge is 2.27. The largest absolute Gasteiger partial charge is 0.484 e. The van der Waals surface area contributed by atoms with E-state index < -0.39 is 23.1 Å². The third kappa shape index (κ3) is 7.71. The molecule has 0 atom stereocenters. The lowest BCUT2D eigenvalue weighted by molar-refractivity contribution is -0.135. The normalized spacial score (nSPS) is 11.3. The number of likely N-dealkylation sites (N-methyl/N-ethyl adjacent to an activating group) is 1. The fourth-order valence-electron chi connectivity index (χ4n) is 4.09. The van der Waals surface area contributed by atoms with Crippen molar-refractivity contribution >= 4 is 23.3 Å². The lowest BCUT2D eigenvalue weighted by atomic mass is 9.98. The Bertz CT molecular complexity index is 1230. The fourth-order valence-corrected chi connectivity index (χ4v) is 4.09. The molecule has 0 unspecified atom stereocenters. The van der Waals surface area contributed by atoms with Crippen molar-refractivity contribution in [1.29, 1.82) is 0 Å². The van der Waals surface area contributed by atoms with Crippen LogP contribution in [-0.4, -0.2) is 53.0 Å². The molecule has 37 heavy (non-hydrogen) atoms. The third-order valence-corrected chi connectivity index (χ3v) is 5.90. The molecule has 0 fully saturated rings. The summed E-state index contributed by atoms with van der Waals surface area (Å²) in [5, 5.41) is 0. The number of carbonyl (C=O) groups excluding carboxylic acids is 2. The van der Waals surface area contributed by atoms with Crippen molar-refractivity contribution in [2.24, 2.45) is 11.8 Å². The van der Waals surface area contributed by atoms with Gasteiger partial charge in [-0.25, -0.2) is 4.79 Å². The van der Waals surface area contributed by atoms with Crippen molar-refractivity contribution in [2.45, 2.75) is 60.9 Å². The van der Waals surface area contributed by atoms with Crippen molar-refractivity contribution in [1.82, 2.24) is 14.5 Å². The fraction of sp³-hybridized carbons (Fsp3) is 0.556. The predicted molar refractivity (Wildman–Crippen MR) is 146 cm³/mol. The van der Waals surface area contributed by atoms with E-state index in [9.17, 15) is 19.2 Å². The molecular weight excluding hydrogens is 474 g/mol. The molecule has 1 aromatic heterocycles. The number of nitrogen functional groups attached to an aromatic ring is 1. The molecule has 0 saturated carbocycles. The van der Waals surface area contributed by atoms with Gasteiger partial charge in [0.15, 0.2) is 12.3 Å². The van der Waals surface area contributed by atoms with Crippen LogP contribution in [0.1, 0.15) is 58.6 Å². The number of hydrogen-bond acceptors (Lipinski definition) is 6. The third-order valence-electron chi connectivity index (χ3n) is 5.90. The standard InChI is InChI=1S/C27H41N5O5/c1-16(2)12-31(24-25(28)32(13-17(3)4)27(36)29-26(24)35)22(33)14-30(8)23(34)15-37-20-9-10-21(18(5)6)19(7)11-20/h9-11,16-18H,12-15,28H2,1-8H3,(H,29,35,36). The maximum atomic E-state index is 13.3. The Morgan fingerprint density at radius 1 is 1.05 bits per heavy atom. The zero-order valence-corrected chi connectivity index (χ0v) is 23.3. The van der Waals surface area contributed by atoms with E-state index in [1.165, 1.54) is 27.0 Å². The Kier molecular flexibility index (Phi) is 10.1. The van der Waals surface area contributed by atoms with Crippen molar-refractivity contribution in [3.63, 3.8) is 0 Å². The van der Waals surface area contributed by atoms with Gasteiger partial charge in [-0.3, -0.25) is 23.9 Å². The number of benzene rings is 1. The van der Waals surface area contributed by atoms with Crippen LogP contribution in [0.5, 0.6) is 5.75 Å². The van der Waals surface area contributed by atoms with Crippen LogP contribution in [0.2, 0.25) is 0 Å². The van der Waals surface area contributed by atoms with Crippen LogP contribution >= 0.6 is 0 Å². The maximum Gasteiger partial charge on any atom is 0.330 e. The van der Waals surface area contributed by atoms with Gasteiger partial charge in [0.1, 0.15) is 11.6 Å². The molecule has 2 aromatic rings. The summed E-state index contributed by atoms with van der Waals surface area (Å²) in [5.74, 6) is 0.0742. The summed E-state index contributed by atoms with van der Waals surface area (Å²) >= 11 is 0. The zero-order chi connectivity index (χ0) is 28.0. The number of aryl methyl sites for hydroxylation is 1. The molecular formula is C27H41N5O5. The van der Waals surface area contributed by atoms with E-state index in [1.54, 1.807) is 0 Å². The average Bonchev–Trinajstić information content (AvgIpc) is 2.78. The van der Waals surface area contributed by atoms with Crippen LogP contribution in [-0.2, 0) is 16.1 Å². The van der Waals surface area contributed by atoms with Crippen LogP contribution in [0.25, 0.3) is 0 Å². The molecule has 1 heterocycles. The lowest BCUT2D eigenvalue weighted by Crippen LogP contribution is -2.47. The highest BCUT2D eigenvalue weighted by molar-refractivity contribution is 5.98. The predicted octanol–water partition coefficient (Wildman–Crippen LogP) is 2.73. The second kappa shape index (κ2) is 12.6. The number of aromatic nitrogens is 2. The second-order valence-corrected chi connectivity index (χ2v) is 10.6. The lowest BCUT2D eigenvalue weighted by Gasteiger charge is -2.28. The SMILES string of the molecule is Cc1cc(OCC(=O)N(C)CC(=O)N(CC(C)C)c2c(N)n(CC(C)C)c(=O)[nH]c2=O)ccc1C(C)C. The number of aromatic amines is 1. The number of hydrogen-bond donors (Lipinski definition) is 2. The summed E-state index contributed by atoms with van der Waals surface area (Å²) in [6.07, 6.45) is 0. The van der Waals surface area contributed by atoms with E-state index >= 15 is 0 Å². The van der Waals surface area contributed by atoms with Crippen molar-refractivity contribution < 1.29 is 14.3 Å². The molecule has 0 aliphatic carbocycles. The second-order valence-electron chi connectivity index (χ2n) is 10.6. The van der Waals surface area contributed by atoms with Crippen LogP contribution in [0, 0.1) is 18.8 Å². The highest BCUT2D eigenvalue weighted by atomic mass is 16.5. The van der Waals surface area contributed by atoms with E-state index in [-0.39, 0.29) is 49.6 Å². The quantitative estimate of drug-likeness (QED) is 0.473. The van der Waals surface area contributed by atoms with Gasteiger partial charge < -0.3 is 20.3 Å². The summed E-state index contributed by atoms with van der Waals surface area (Å²) in [7, 11) is 1.50. The number of amides is 2.